The molecule has 13 rings (SSSR count). The van der Waals surface area contributed by atoms with E-state index in [1.54, 1.807) is 6.20 Å². The van der Waals surface area contributed by atoms with Crippen molar-refractivity contribution in [3.05, 3.63) is 60.0 Å². The van der Waals surface area contributed by atoms with Gasteiger partial charge in [-0.3, -0.25) is 29.3 Å². The predicted octanol–water partition coefficient (Wildman–Crippen LogP) is 6.55. The number of hydrogen-bond acceptors (Lipinski definition) is 11. The maximum Gasteiger partial charge on any atom is 0.238 e. The lowest BCUT2D eigenvalue weighted by molar-refractivity contribution is -0.168. The number of imide groups is 1. The van der Waals surface area contributed by atoms with Crippen LogP contribution >= 0.6 is 0 Å². The van der Waals surface area contributed by atoms with Crippen LogP contribution in [0.15, 0.2) is 48.9 Å². The third kappa shape index (κ3) is 7.87. The van der Waals surface area contributed by atoms with Crippen LogP contribution in [0.25, 0.3) is 22.3 Å². The SMILES string of the molecule is CC(C)n1cnc2cc(-c3ccc4c(c3)N([C@H]3C[C@@H](N5CCCCC5)C3)C(=O)C43CCN(C(=O)C4CC5(C4)CN(C(=O)C4CCN(c6ccc(C7CCC(=O)NC7=O)cn6)CC4)C5)CC3)nc(NC3CC3)c21. The lowest BCUT2D eigenvalue weighted by atomic mass is 9.57. The number of rotatable bonds is 10. The lowest BCUT2D eigenvalue weighted by Gasteiger charge is -2.59. The van der Waals surface area contributed by atoms with E-state index in [0.717, 1.165) is 141 Å². The van der Waals surface area contributed by atoms with Gasteiger partial charge in [0, 0.05) is 105 Å². The van der Waals surface area contributed by atoms with E-state index in [2.05, 4.69) is 73.0 Å². The Bertz CT molecular complexity index is 2820. The molecule has 1 atom stereocenters. The molecule has 1 unspecified atom stereocenters. The number of nitrogens with one attached hydrogen (secondary N) is 2. The van der Waals surface area contributed by atoms with Crippen molar-refractivity contribution in [1.82, 2.24) is 39.5 Å². The van der Waals surface area contributed by atoms with Gasteiger partial charge in [-0.25, -0.2) is 15.0 Å². The first-order valence-corrected chi connectivity index (χ1v) is 27.4. The quantitative estimate of drug-likeness (QED) is 0.166. The number of aromatic nitrogens is 4. The molecule has 3 saturated carbocycles. The monoisotopic (exact) mass is 976 g/mol. The summed E-state index contributed by atoms with van der Waals surface area (Å²) in [4.78, 5) is 93.0. The van der Waals surface area contributed by atoms with E-state index in [0.29, 0.717) is 50.9 Å². The summed E-state index contributed by atoms with van der Waals surface area (Å²) in [5, 5.41) is 6.14. The van der Waals surface area contributed by atoms with Crippen molar-refractivity contribution in [1.29, 1.82) is 0 Å². The number of anilines is 3. The molecule has 8 fully saturated rings. The second-order valence-electron chi connectivity index (χ2n) is 23.6. The summed E-state index contributed by atoms with van der Waals surface area (Å²) < 4.78 is 2.20. The van der Waals surface area contributed by atoms with Crippen LogP contribution < -0.4 is 20.4 Å². The molecule has 2 spiro atoms. The molecule has 16 nitrogen and oxygen atoms in total. The number of pyridine rings is 2. The van der Waals surface area contributed by atoms with Gasteiger partial charge >= 0.3 is 0 Å². The van der Waals surface area contributed by atoms with Gasteiger partial charge in [-0.05, 0) is 140 Å². The Morgan fingerprint density at radius 3 is 2.24 bits per heavy atom. The number of imidazole rings is 1. The molecule has 9 heterocycles. The minimum atomic E-state index is -0.655. The number of amides is 5. The number of piperidine rings is 4. The van der Waals surface area contributed by atoms with Crippen LogP contribution in [0.3, 0.4) is 0 Å². The number of likely N-dealkylation sites (tertiary alicyclic amines) is 3. The standard InChI is InChI=1S/C56H69N11O5/c1-34(2)66-33-58-45-27-44(60-50(49(45)66)59-39-8-9-39)36-6-11-43-46(24-36)67(41-25-40(26-41)62-18-4-3-5-19-62)54(72)56(43)16-22-64(23-17-56)53(71)38-28-55(29-38)31-65(32-55)52(70)35-14-20-63(21-15-35)47-12-7-37(30-57-47)42-10-13-48(68)61-51(42)69/h6-7,11-12,24,27,30,33-35,38-42H,3-5,8-10,13-23,25-26,28-29,31-32H2,1-2H3,(H,59,60)(H,61,68,69)/t40-,41+,42?. The van der Waals surface area contributed by atoms with Crippen molar-refractivity contribution in [2.45, 2.75) is 146 Å². The highest BCUT2D eigenvalue weighted by Crippen LogP contribution is 2.55. The fraction of sp³-hybridized carbons (Fsp3) is 0.607. The Balaban J connectivity index is 0.645. The Kier molecular flexibility index (Phi) is 11.3. The van der Waals surface area contributed by atoms with Crippen LogP contribution in [0.4, 0.5) is 17.3 Å². The average Bonchev–Trinajstić information content (AvgIpc) is 4.02. The van der Waals surface area contributed by atoms with E-state index >= 15 is 4.79 Å². The van der Waals surface area contributed by atoms with E-state index in [9.17, 15) is 19.2 Å². The smallest absolute Gasteiger partial charge is 0.238 e. The molecule has 378 valence electrons. The third-order valence-electron chi connectivity index (χ3n) is 18.7. The topological polar surface area (TPSA) is 169 Å². The molecule has 9 aliphatic rings. The Hall–Kier alpha value is -5.90. The molecule has 0 radical (unpaired) electrons. The summed E-state index contributed by atoms with van der Waals surface area (Å²) in [6.07, 6.45) is 17.0. The normalized spacial score (nSPS) is 26.5. The van der Waals surface area contributed by atoms with Crippen LogP contribution in [0.1, 0.15) is 133 Å². The lowest BCUT2D eigenvalue weighted by Crippen LogP contribution is -2.66. The molecule has 5 saturated heterocycles. The predicted molar refractivity (Wildman–Crippen MR) is 273 cm³/mol. The number of hydrogen-bond donors (Lipinski definition) is 2. The molecule has 6 aliphatic heterocycles. The van der Waals surface area contributed by atoms with Gasteiger partial charge in [0.2, 0.25) is 29.5 Å². The van der Waals surface area contributed by atoms with Crippen molar-refractivity contribution in [3.63, 3.8) is 0 Å². The number of carbonyl (C=O) groups is 5. The van der Waals surface area contributed by atoms with Crippen molar-refractivity contribution in [2.75, 3.05) is 67.5 Å². The number of benzene rings is 1. The Morgan fingerprint density at radius 2 is 1.54 bits per heavy atom. The second kappa shape index (κ2) is 17.7. The van der Waals surface area contributed by atoms with Crippen molar-refractivity contribution in [2.24, 2.45) is 17.3 Å². The van der Waals surface area contributed by atoms with Gasteiger partial charge in [0.05, 0.1) is 28.9 Å². The van der Waals surface area contributed by atoms with Crippen LogP contribution in [0, 0.1) is 17.3 Å². The molecule has 16 heteroatoms. The van der Waals surface area contributed by atoms with Crippen LogP contribution in [-0.2, 0) is 29.4 Å². The van der Waals surface area contributed by atoms with Crippen molar-refractivity contribution < 1.29 is 24.0 Å². The summed E-state index contributed by atoms with van der Waals surface area (Å²) in [5.74, 6) is 1.48. The first-order chi connectivity index (χ1) is 34.9. The first-order valence-electron chi connectivity index (χ1n) is 27.4. The number of fused-ring (bicyclic) bond motifs is 3. The summed E-state index contributed by atoms with van der Waals surface area (Å²) in [7, 11) is 0. The molecular formula is C56H69N11O5. The van der Waals surface area contributed by atoms with E-state index in [1.165, 1.54) is 19.3 Å². The highest BCUT2D eigenvalue weighted by Gasteiger charge is 2.59. The molecule has 5 amide bonds. The minimum Gasteiger partial charge on any atom is -0.366 e. The highest BCUT2D eigenvalue weighted by atomic mass is 16.2. The Labute approximate surface area is 421 Å². The van der Waals surface area contributed by atoms with Crippen molar-refractivity contribution >= 4 is 57.9 Å². The fourth-order valence-corrected chi connectivity index (χ4v) is 14.2. The van der Waals surface area contributed by atoms with Gasteiger partial charge in [-0.15, -0.1) is 0 Å². The van der Waals surface area contributed by atoms with E-state index in [4.69, 9.17) is 9.97 Å². The van der Waals surface area contributed by atoms with Gasteiger partial charge in [0.25, 0.3) is 0 Å². The van der Waals surface area contributed by atoms with Crippen LogP contribution in [0.5, 0.6) is 0 Å². The van der Waals surface area contributed by atoms with Gasteiger partial charge in [0.1, 0.15) is 11.3 Å². The third-order valence-corrected chi connectivity index (χ3v) is 18.7. The summed E-state index contributed by atoms with van der Waals surface area (Å²) in [6.45, 7) is 10.7. The van der Waals surface area contributed by atoms with Crippen LogP contribution in [-0.4, -0.2) is 134 Å². The fourth-order valence-electron chi connectivity index (χ4n) is 14.2. The highest BCUT2D eigenvalue weighted by molar-refractivity contribution is 6.09. The summed E-state index contributed by atoms with van der Waals surface area (Å²) in [6, 6.07) is 14.0. The second-order valence-corrected chi connectivity index (χ2v) is 23.6. The van der Waals surface area contributed by atoms with Gasteiger partial charge < -0.3 is 34.4 Å². The van der Waals surface area contributed by atoms with E-state index in [-0.39, 0.29) is 64.8 Å². The number of carbonyl (C=O) groups excluding carboxylic acids is 5. The molecule has 0 bridgehead atoms. The van der Waals surface area contributed by atoms with E-state index < -0.39 is 5.41 Å². The van der Waals surface area contributed by atoms with E-state index in [1.807, 2.05) is 28.3 Å². The molecule has 1 aromatic carbocycles. The average molecular weight is 976 g/mol. The van der Waals surface area contributed by atoms with Gasteiger partial charge in [-0.1, -0.05) is 24.6 Å². The molecule has 3 aliphatic carbocycles. The largest absolute Gasteiger partial charge is 0.366 e. The zero-order valence-corrected chi connectivity index (χ0v) is 42.0. The minimum absolute atomic E-state index is 0.0191. The summed E-state index contributed by atoms with van der Waals surface area (Å²) in [5.41, 5.74) is 6.15. The number of nitrogens with zero attached hydrogens (tertiary/aromatic N) is 9. The zero-order valence-electron chi connectivity index (χ0n) is 42.0. The van der Waals surface area contributed by atoms with Gasteiger partial charge in [-0.2, -0.15) is 0 Å². The Morgan fingerprint density at radius 1 is 0.792 bits per heavy atom. The maximum atomic E-state index is 15.2. The first kappa shape index (κ1) is 45.9. The molecular weight excluding hydrogens is 907 g/mol. The van der Waals surface area contributed by atoms with Gasteiger partial charge in [0.15, 0.2) is 5.82 Å². The molecule has 4 aromatic rings. The maximum absolute atomic E-state index is 15.2. The summed E-state index contributed by atoms with van der Waals surface area (Å²) >= 11 is 0. The van der Waals surface area contributed by atoms with Crippen molar-refractivity contribution in [3.8, 4) is 11.3 Å². The van der Waals surface area contributed by atoms with Crippen LogP contribution in [0.2, 0.25) is 0 Å². The molecule has 3 aromatic heterocycles. The zero-order chi connectivity index (χ0) is 49.0. The molecule has 72 heavy (non-hydrogen) atoms. The molecule has 2 N–H and O–H groups in total.